The fourth-order valence-electron chi connectivity index (χ4n) is 3.56. The highest BCUT2D eigenvalue weighted by Gasteiger charge is 2.43. The van der Waals surface area contributed by atoms with Crippen LogP contribution in [0.3, 0.4) is 0 Å². The summed E-state index contributed by atoms with van der Waals surface area (Å²) in [5, 5.41) is 4.53. The van der Waals surface area contributed by atoms with E-state index in [0.29, 0.717) is 16.3 Å². The Morgan fingerprint density at radius 3 is 2.36 bits per heavy atom. The number of nitrogens with zero attached hydrogens (tertiary/aromatic N) is 1. The van der Waals surface area contributed by atoms with Crippen LogP contribution in [0.4, 0.5) is 23.7 Å². The highest BCUT2D eigenvalue weighted by atomic mass is 35.5. The number of hydrogen-bond acceptors (Lipinski definition) is 4. The first-order valence-corrected chi connectivity index (χ1v) is 10.2. The predicted molar refractivity (Wildman–Crippen MR) is 116 cm³/mol. The number of nitrogens with one attached hydrogen (secondary N) is 2. The largest absolute Gasteiger partial charge is 0.586 e. The van der Waals surface area contributed by atoms with Crippen LogP contribution in [0, 0.1) is 5.82 Å². The number of fused-ring (bicyclic) bond motifs is 1. The summed E-state index contributed by atoms with van der Waals surface area (Å²) in [6.45, 7) is 0.183. The monoisotopic (exact) mass is 473 g/mol. The van der Waals surface area contributed by atoms with Crippen LogP contribution in [0.2, 0.25) is 5.02 Å². The summed E-state index contributed by atoms with van der Waals surface area (Å²) in [7, 11) is 0. The molecule has 2 aliphatic rings. The summed E-state index contributed by atoms with van der Waals surface area (Å²) < 4.78 is 48.7. The van der Waals surface area contributed by atoms with Gasteiger partial charge in [0, 0.05) is 22.3 Å². The number of anilines is 1. The quantitative estimate of drug-likeness (QED) is 0.510. The molecule has 2 N–H and O–H groups in total. The Morgan fingerprint density at radius 1 is 0.970 bits per heavy atom. The summed E-state index contributed by atoms with van der Waals surface area (Å²) in [5.74, 6) is -0.685. The van der Waals surface area contributed by atoms with E-state index in [1.54, 1.807) is 24.3 Å². The van der Waals surface area contributed by atoms with Crippen molar-refractivity contribution in [3.8, 4) is 11.5 Å². The molecule has 3 aromatic carbocycles. The van der Waals surface area contributed by atoms with Crippen LogP contribution in [0.1, 0.15) is 11.1 Å². The average Bonchev–Trinajstić information content (AvgIpc) is 3.34. The van der Waals surface area contributed by atoms with Crippen LogP contribution in [-0.4, -0.2) is 23.9 Å². The van der Waals surface area contributed by atoms with Gasteiger partial charge in [-0.3, -0.25) is 5.43 Å². The van der Waals surface area contributed by atoms with Gasteiger partial charge in [-0.25, -0.2) is 14.2 Å². The molecule has 3 aromatic rings. The van der Waals surface area contributed by atoms with Gasteiger partial charge >= 0.3 is 12.3 Å². The number of urea groups is 1. The first-order chi connectivity index (χ1) is 15.8. The molecule has 0 atom stereocenters. The Bertz CT molecular complexity index is 1210. The first kappa shape index (κ1) is 21.0. The molecular formula is C23H15ClF3N3O3. The smallest absolute Gasteiger partial charge is 0.395 e. The van der Waals surface area contributed by atoms with E-state index < -0.39 is 12.3 Å². The fraction of sp³-hybridized carbons (Fsp3) is 0.0870. The molecule has 10 heteroatoms. The molecule has 0 unspecified atom stereocenters. The van der Waals surface area contributed by atoms with Crippen molar-refractivity contribution in [2.24, 2.45) is 0 Å². The second-order valence-corrected chi connectivity index (χ2v) is 7.76. The number of carbonyl (C=O) groups is 1. The van der Waals surface area contributed by atoms with Crippen molar-refractivity contribution in [1.82, 2.24) is 10.4 Å². The van der Waals surface area contributed by atoms with Crippen molar-refractivity contribution in [2.75, 3.05) is 11.9 Å². The minimum atomic E-state index is -3.75. The highest BCUT2D eigenvalue weighted by molar-refractivity contribution is 6.30. The van der Waals surface area contributed by atoms with Gasteiger partial charge in [-0.15, -0.1) is 8.78 Å². The van der Waals surface area contributed by atoms with Gasteiger partial charge in [0.1, 0.15) is 5.82 Å². The third-order valence-corrected chi connectivity index (χ3v) is 5.34. The van der Waals surface area contributed by atoms with E-state index in [4.69, 9.17) is 11.6 Å². The third kappa shape index (κ3) is 4.27. The third-order valence-electron chi connectivity index (χ3n) is 5.09. The molecule has 2 aliphatic heterocycles. The fourth-order valence-corrected chi connectivity index (χ4v) is 3.69. The lowest BCUT2D eigenvalue weighted by Crippen LogP contribution is -2.40. The highest BCUT2D eigenvalue weighted by Crippen LogP contribution is 2.42. The molecular weight excluding hydrogens is 459 g/mol. The minimum absolute atomic E-state index is 0.123. The van der Waals surface area contributed by atoms with Crippen molar-refractivity contribution >= 4 is 34.6 Å². The Balaban J connectivity index is 1.39. The van der Waals surface area contributed by atoms with Gasteiger partial charge in [0.15, 0.2) is 11.5 Å². The van der Waals surface area contributed by atoms with E-state index in [1.165, 1.54) is 35.3 Å². The SMILES string of the molecule is O=C(Nc1ccc2c(c1)OC(F)(F)O2)N1CC(c2ccc(Cl)cc2)=C(c2ccc(F)cc2)N1. The first-order valence-electron chi connectivity index (χ1n) is 9.77. The molecule has 2 heterocycles. The van der Waals surface area contributed by atoms with E-state index in [1.807, 2.05) is 12.1 Å². The molecule has 0 saturated heterocycles. The van der Waals surface area contributed by atoms with Crippen LogP contribution >= 0.6 is 11.6 Å². The summed E-state index contributed by atoms with van der Waals surface area (Å²) in [6.07, 6.45) is -3.75. The Kier molecular flexibility index (Phi) is 5.05. The molecule has 2 amide bonds. The number of hydrazine groups is 1. The van der Waals surface area contributed by atoms with Gasteiger partial charge < -0.3 is 14.8 Å². The Labute approximate surface area is 191 Å². The summed E-state index contributed by atoms with van der Waals surface area (Å²) in [4.78, 5) is 12.9. The average molecular weight is 474 g/mol. The van der Waals surface area contributed by atoms with Crippen LogP contribution in [0.5, 0.6) is 11.5 Å². The maximum absolute atomic E-state index is 13.4. The van der Waals surface area contributed by atoms with Crippen LogP contribution in [0.25, 0.3) is 11.3 Å². The lowest BCUT2D eigenvalue weighted by Gasteiger charge is -2.19. The van der Waals surface area contributed by atoms with Crippen LogP contribution in [-0.2, 0) is 0 Å². The molecule has 0 saturated carbocycles. The second kappa shape index (κ2) is 7.93. The zero-order chi connectivity index (χ0) is 23.2. The number of halogens is 4. The van der Waals surface area contributed by atoms with Gasteiger partial charge in [-0.2, -0.15) is 0 Å². The van der Waals surface area contributed by atoms with E-state index in [0.717, 1.165) is 11.1 Å². The Hall–Kier alpha value is -3.85. The second-order valence-electron chi connectivity index (χ2n) is 7.32. The number of rotatable bonds is 3. The van der Waals surface area contributed by atoms with E-state index in [9.17, 15) is 18.0 Å². The maximum atomic E-state index is 13.4. The van der Waals surface area contributed by atoms with Crippen LogP contribution < -0.4 is 20.2 Å². The molecule has 0 bridgehead atoms. The van der Waals surface area contributed by atoms with Gasteiger partial charge in [0.25, 0.3) is 0 Å². The number of benzene rings is 3. The molecule has 33 heavy (non-hydrogen) atoms. The number of hydrogen-bond donors (Lipinski definition) is 2. The summed E-state index contributed by atoms with van der Waals surface area (Å²) in [5.41, 5.74) is 6.21. The van der Waals surface area contributed by atoms with Gasteiger partial charge in [0.05, 0.1) is 12.2 Å². The lowest BCUT2D eigenvalue weighted by molar-refractivity contribution is -0.286. The van der Waals surface area contributed by atoms with Gasteiger partial charge in [-0.05, 0) is 59.7 Å². The van der Waals surface area contributed by atoms with Crippen molar-refractivity contribution in [1.29, 1.82) is 0 Å². The summed E-state index contributed by atoms with van der Waals surface area (Å²) >= 11 is 6.00. The number of carbonyl (C=O) groups excluding carboxylic acids is 1. The lowest BCUT2D eigenvalue weighted by atomic mass is 10.0. The molecule has 6 nitrogen and oxygen atoms in total. The van der Waals surface area contributed by atoms with Crippen molar-refractivity contribution in [3.63, 3.8) is 0 Å². The molecule has 168 valence electrons. The van der Waals surface area contributed by atoms with Crippen LogP contribution in [0.15, 0.2) is 66.7 Å². The Morgan fingerprint density at radius 2 is 1.64 bits per heavy atom. The minimum Gasteiger partial charge on any atom is -0.395 e. The van der Waals surface area contributed by atoms with Crippen molar-refractivity contribution < 1.29 is 27.4 Å². The molecule has 5 rings (SSSR count). The van der Waals surface area contributed by atoms with Crippen molar-refractivity contribution in [2.45, 2.75) is 6.29 Å². The van der Waals surface area contributed by atoms with E-state index >= 15 is 0 Å². The van der Waals surface area contributed by atoms with E-state index in [2.05, 4.69) is 20.2 Å². The molecule has 0 radical (unpaired) electrons. The standard InChI is InChI=1S/C23H15ClF3N3O3/c24-15-5-1-13(2-6-15)18-12-30(29-21(18)14-3-7-16(25)8-4-14)22(31)28-17-9-10-19-20(11-17)33-23(26,27)32-19/h1-11,29H,12H2,(H,28,31). The predicted octanol–water partition coefficient (Wildman–Crippen LogP) is 5.72. The number of ether oxygens (including phenoxy) is 2. The molecule has 0 spiro atoms. The van der Waals surface area contributed by atoms with Gasteiger partial charge in [-0.1, -0.05) is 23.7 Å². The topological polar surface area (TPSA) is 62.8 Å². The van der Waals surface area contributed by atoms with E-state index in [-0.39, 0.29) is 29.5 Å². The molecule has 0 aliphatic carbocycles. The normalized spacial score (nSPS) is 16.1. The molecule has 0 fully saturated rings. The van der Waals surface area contributed by atoms with Crippen molar-refractivity contribution in [3.05, 3.63) is 88.7 Å². The zero-order valence-electron chi connectivity index (χ0n) is 16.7. The zero-order valence-corrected chi connectivity index (χ0v) is 17.5. The number of alkyl halides is 2. The van der Waals surface area contributed by atoms with Gasteiger partial charge in [0.2, 0.25) is 0 Å². The number of amides is 2. The summed E-state index contributed by atoms with van der Waals surface area (Å²) in [6, 6.07) is 16.4. The molecule has 0 aromatic heterocycles. The maximum Gasteiger partial charge on any atom is 0.586 e.